The highest BCUT2D eigenvalue weighted by atomic mass is 32.2. The van der Waals surface area contributed by atoms with Gasteiger partial charge in [0.1, 0.15) is 11.1 Å². The van der Waals surface area contributed by atoms with E-state index in [0.717, 1.165) is 59.3 Å². The molecule has 0 saturated carbocycles. The number of anilines is 1. The highest BCUT2D eigenvalue weighted by molar-refractivity contribution is 8.00. The zero-order valence-corrected chi connectivity index (χ0v) is 18.4. The van der Waals surface area contributed by atoms with Crippen LogP contribution in [0.2, 0.25) is 0 Å². The number of nitrogens with one attached hydrogen (secondary N) is 2. The van der Waals surface area contributed by atoms with Crippen molar-refractivity contribution in [1.82, 2.24) is 10.3 Å². The Morgan fingerprint density at radius 1 is 1.10 bits per heavy atom. The van der Waals surface area contributed by atoms with Gasteiger partial charge in [-0.1, -0.05) is 29.5 Å². The fourth-order valence-electron chi connectivity index (χ4n) is 3.73. The normalized spacial score (nSPS) is 12.6. The summed E-state index contributed by atoms with van der Waals surface area (Å²) in [5.41, 5.74) is 6.59. The van der Waals surface area contributed by atoms with Gasteiger partial charge >= 0.3 is 0 Å². The number of carbonyl (C=O) groups is 2. The summed E-state index contributed by atoms with van der Waals surface area (Å²) >= 11 is 1.24. The van der Waals surface area contributed by atoms with Crippen molar-refractivity contribution in [3.05, 3.63) is 51.7 Å². The van der Waals surface area contributed by atoms with Crippen LogP contribution in [0.5, 0.6) is 0 Å². The predicted octanol–water partition coefficient (Wildman–Crippen LogP) is 3.60. The fraction of sp³-hybridized carbons (Fsp3) is 0.391. The standard InChI is InChI=1S/C23H26N4O2S/c1-14-8-15(2)22(16(3)9-14)27-20(28)12-25-21(29)13-30-23-18(11-24)10-17-6-4-5-7-19(17)26-23/h8-10H,4-7,12-13H2,1-3H3,(H,25,29)(H,27,28). The molecular weight excluding hydrogens is 396 g/mol. The number of hydrogen-bond acceptors (Lipinski definition) is 5. The van der Waals surface area contributed by atoms with Crippen LogP contribution in [0, 0.1) is 32.1 Å². The Labute approximate surface area is 181 Å². The molecule has 2 aromatic rings. The summed E-state index contributed by atoms with van der Waals surface area (Å²) in [5.74, 6) is -0.431. The molecular formula is C23H26N4O2S. The van der Waals surface area contributed by atoms with Gasteiger partial charge in [0.05, 0.1) is 17.9 Å². The van der Waals surface area contributed by atoms with Crippen LogP contribution in [0.4, 0.5) is 5.69 Å². The quantitative estimate of drug-likeness (QED) is 0.694. The van der Waals surface area contributed by atoms with Crippen LogP contribution < -0.4 is 10.6 Å². The first-order chi connectivity index (χ1) is 14.4. The van der Waals surface area contributed by atoms with Crippen molar-refractivity contribution in [3.63, 3.8) is 0 Å². The molecule has 0 aliphatic heterocycles. The predicted molar refractivity (Wildman–Crippen MR) is 119 cm³/mol. The molecule has 7 heteroatoms. The van der Waals surface area contributed by atoms with Crippen molar-refractivity contribution in [1.29, 1.82) is 5.26 Å². The van der Waals surface area contributed by atoms with Crippen LogP contribution in [0.15, 0.2) is 23.2 Å². The first-order valence-corrected chi connectivity index (χ1v) is 11.1. The lowest BCUT2D eigenvalue weighted by molar-refractivity contribution is -0.122. The number of aromatic nitrogens is 1. The smallest absolute Gasteiger partial charge is 0.243 e. The van der Waals surface area contributed by atoms with E-state index in [0.29, 0.717) is 10.6 Å². The topological polar surface area (TPSA) is 94.9 Å². The summed E-state index contributed by atoms with van der Waals surface area (Å²) in [6.45, 7) is 5.81. The van der Waals surface area contributed by atoms with Crippen LogP contribution in [0.3, 0.4) is 0 Å². The number of benzene rings is 1. The zero-order chi connectivity index (χ0) is 21.7. The molecule has 0 saturated heterocycles. The molecule has 1 aliphatic rings. The summed E-state index contributed by atoms with van der Waals surface area (Å²) < 4.78 is 0. The van der Waals surface area contributed by atoms with Crippen molar-refractivity contribution < 1.29 is 9.59 Å². The van der Waals surface area contributed by atoms with Crippen molar-refractivity contribution in [2.75, 3.05) is 17.6 Å². The molecule has 0 radical (unpaired) electrons. The number of amides is 2. The third-order valence-corrected chi connectivity index (χ3v) is 6.11. The lowest BCUT2D eigenvalue weighted by Crippen LogP contribution is -2.34. The van der Waals surface area contributed by atoms with E-state index in [4.69, 9.17) is 0 Å². The maximum atomic E-state index is 12.3. The second kappa shape index (κ2) is 9.77. The first kappa shape index (κ1) is 21.8. The number of nitriles is 1. The van der Waals surface area contributed by atoms with Gasteiger partial charge in [-0.25, -0.2) is 4.98 Å². The number of aryl methyl sites for hydroxylation is 5. The molecule has 3 rings (SSSR count). The minimum Gasteiger partial charge on any atom is -0.346 e. The van der Waals surface area contributed by atoms with Gasteiger partial charge in [0.25, 0.3) is 0 Å². The summed E-state index contributed by atoms with van der Waals surface area (Å²) in [4.78, 5) is 29.1. The molecule has 6 nitrogen and oxygen atoms in total. The lowest BCUT2D eigenvalue weighted by Gasteiger charge is -2.16. The van der Waals surface area contributed by atoms with Gasteiger partial charge in [-0.05, 0) is 69.2 Å². The van der Waals surface area contributed by atoms with Gasteiger partial charge in [-0.15, -0.1) is 0 Å². The molecule has 0 fully saturated rings. The monoisotopic (exact) mass is 422 g/mol. The van der Waals surface area contributed by atoms with E-state index in [1.54, 1.807) is 0 Å². The molecule has 1 aromatic heterocycles. The largest absolute Gasteiger partial charge is 0.346 e. The summed E-state index contributed by atoms with van der Waals surface area (Å²) in [6.07, 6.45) is 4.10. The third kappa shape index (κ3) is 5.39. The van der Waals surface area contributed by atoms with Crippen molar-refractivity contribution in [2.24, 2.45) is 0 Å². The second-order valence-corrected chi connectivity index (χ2v) is 8.62. The molecule has 2 N–H and O–H groups in total. The third-order valence-electron chi connectivity index (χ3n) is 5.11. The molecule has 0 spiro atoms. The molecule has 1 aromatic carbocycles. The molecule has 2 amide bonds. The SMILES string of the molecule is Cc1cc(C)c(NC(=O)CNC(=O)CSc2nc3c(cc2C#N)CCCC3)c(C)c1. The summed E-state index contributed by atoms with van der Waals surface area (Å²) in [5, 5.41) is 15.5. The fourth-order valence-corrected chi connectivity index (χ4v) is 4.53. The number of carbonyl (C=O) groups excluding carboxylic acids is 2. The Balaban J connectivity index is 1.53. The molecule has 0 bridgehead atoms. The minimum absolute atomic E-state index is 0.102. The number of hydrogen-bond donors (Lipinski definition) is 2. The summed E-state index contributed by atoms with van der Waals surface area (Å²) in [7, 11) is 0. The van der Waals surface area contributed by atoms with Crippen molar-refractivity contribution in [2.45, 2.75) is 51.5 Å². The van der Waals surface area contributed by atoms with Gasteiger partial charge in [-0.3, -0.25) is 9.59 Å². The van der Waals surface area contributed by atoms with Crippen molar-refractivity contribution in [3.8, 4) is 6.07 Å². The van der Waals surface area contributed by atoms with Crippen LogP contribution in [-0.4, -0.2) is 29.1 Å². The van der Waals surface area contributed by atoms with Crippen LogP contribution in [-0.2, 0) is 22.4 Å². The van der Waals surface area contributed by atoms with E-state index in [-0.39, 0.29) is 24.1 Å². The van der Waals surface area contributed by atoms with Gasteiger partial charge < -0.3 is 10.6 Å². The van der Waals surface area contributed by atoms with Crippen LogP contribution >= 0.6 is 11.8 Å². The molecule has 30 heavy (non-hydrogen) atoms. The first-order valence-electron chi connectivity index (χ1n) is 10.1. The Morgan fingerprint density at radius 3 is 2.50 bits per heavy atom. The van der Waals surface area contributed by atoms with Gasteiger partial charge in [0.2, 0.25) is 11.8 Å². The van der Waals surface area contributed by atoms with E-state index in [1.165, 1.54) is 11.8 Å². The van der Waals surface area contributed by atoms with Crippen LogP contribution in [0.1, 0.15) is 46.4 Å². The number of pyridine rings is 1. The number of rotatable bonds is 6. The number of thioether (sulfide) groups is 1. The van der Waals surface area contributed by atoms with E-state index in [2.05, 4.69) is 21.7 Å². The average molecular weight is 423 g/mol. The van der Waals surface area contributed by atoms with E-state index >= 15 is 0 Å². The number of nitrogens with zero attached hydrogens (tertiary/aromatic N) is 2. The second-order valence-electron chi connectivity index (χ2n) is 7.65. The Hall–Kier alpha value is -2.85. The highest BCUT2D eigenvalue weighted by Crippen LogP contribution is 2.27. The van der Waals surface area contributed by atoms with Gasteiger partial charge in [0.15, 0.2) is 0 Å². The van der Waals surface area contributed by atoms with Gasteiger partial charge in [0, 0.05) is 11.4 Å². The molecule has 0 atom stereocenters. The minimum atomic E-state index is -0.270. The Bertz CT molecular complexity index is 1000. The Morgan fingerprint density at radius 2 is 1.80 bits per heavy atom. The van der Waals surface area contributed by atoms with Gasteiger partial charge in [-0.2, -0.15) is 5.26 Å². The molecule has 0 unspecified atom stereocenters. The molecule has 156 valence electrons. The van der Waals surface area contributed by atoms with E-state index < -0.39 is 0 Å². The zero-order valence-electron chi connectivity index (χ0n) is 17.6. The number of fused-ring (bicyclic) bond motifs is 1. The maximum absolute atomic E-state index is 12.3. The lowest BCUT2D eigenvalue weighted by atomic mass is 9.95. The average Bonchev–Trinajstić information content (AvgIpc) is 2.72. The Kier molecular flexibility index (Phi) is 7.11. The van der Waals surface area contributed by atoms with Crippen LogP contribution in [0.25, 0.3) is 0 Å². The molecule has 1 heterocycles. The van der Waals surface area contributed by atoms with Crippen molar-refractivity contribution >= 4 is 29.3 Å². The molecule has 1 aliphatic carbocycles. The van der Waals surface area contributed by atoms with E-state index in [1.807, 2.05) is 39.0 Å². The summed E-state index contributed by atoms with van der Waals surface area (Å²) in [6, 6.07) is 8.11. The maximum Gasteiger partial charge on any atom is 0.243 e. The van der Waals surface area contributed by atoms with E-state index in [9.17, 15) is 14.9 Å². The highest BCUT2D eigenvalue weighted by Gasteiger charge is 2.17.